The number of aliphatic hydroxyl groups excluding tert-OH is 1. The Morgan fingerprint density at radius 3 is 2.50 bits per heavy atom. The minimum Gasteiger partial charge on any atom is -0.516 e. The Morgan fingerprint density at radius 1 is 1.23 bits per heavy atom. The van der Waals surface area contributed by atoms with Crippen molar-refractivity contribution in [2.75, 3.05) is 6.54 Å². The van der Waals surface area contributed by atoms with E-state index in [0.29, 0.717) is 12.4 Å². The molecule has 1 aliphatic heterocycles. The number of nitrogens with zero attached hydrogens (tertiary/aromatic N) is 1. The van der Waals surface area contributed by atoms with Gasteiger partial charge in [-0.25, -0.2) is 8.78 Å². The number of hydrogen-bond donors (Lipinski definition) is 1. The zero-order valence-electron chi connectivity index (χ0n) is 18.0. The molecule has 0 aromatic heterocycles. The van der Waals surface area contributed by atoms with Gasteiger partial charge in [0.25, 0.3) is 0 Å². The van der Waals surface area contributed by atoms with Gasteiger partial charge >= 0.3 is 0 Å². The summed E-state index contributed by atoms with van der Waals surface area (Å²) in [5, 5.41) is 8.51. The average molecular weight is 414 g/mol. The lowest BCUT2D eigenvalue weighted by atomic mass is 9.98. The molecule has 4 heteroatoms. The minimum atomic E-state index is -0.192. The van der Waals surface area contributed by atoms with Gasteiger partial charge in [-0.15, -0.1) is 0 Å². The van der Waals surface area contributed by atoms with E-state index in [9.17, 15) is 8.78 Å². The molecule has 0 spiro atoms. The third kappa shape index (κ3) is 9.08. The van der Waals surface area contributed by atoms with E-state index in [-0.39, 0.29) is 5.82 Å². The van der Waals surface area contributed by atoms with Crippen molar-refractivity contribution in [3.63, 3.8) is 0 Å². The highest BCUT2D eigenvalue weighted by molar-refractivity contribution is 5.62. The zero-order valence-corrected chi connectivity index (χ0v) is 18.0. The molecule has 30 heavy (non-hydrogen) atoms. The highest BCUT2D eigenvalue weighted by atomic mass is 19.1. The van der Waals surface area contributed by atoms with Gasteiger partial charge < -0.3 is 10.0 Å². The maximum atomic E-state index is 12.5. The maximum absolute atomic E-state index is 12.5. The number of rotatable bonds is 9. The molecule has 0 radical (unpaired) electrons. The predicted octanol–water partition coefficient (Wildman–Crippen LogP) is 7.66. The van der Waals surface area contributed by atoms with E-state index in [4.69, 9.17) is 5.11 Å². The number of halogens is 2. The van der Waals surface area contributed by atoms with Gasteiger partial charge in [-0.1, -0.05) is 50.3 Å². The Kier molecular flexibility index (Phi) is 12.6. The molecular formula is C26H33F2NO. The standard InChI is InChI=1S/C15H20FNO.C11H13F/c1-2-7-14(9-6-11-16)17-12-10-15(17)8-4-3-5-13-18;1-3-4-9(2)10-5-7-11(12)8-6-10/h2-7,9,11,13,15,18H,8,10,12H2,1H3;5-8H,2-4H2,1H3/b4-3-,7-2-,11-6+,13-5+,14-9+;. The Balaban J connectivity index is 0.000000325. The molecule has 1 aliphatic rings. The molecule has 1 saturated heterocycles. The molecule has 0 bridgehead atoms. The van der Waals surface area contributed by atoms with Gasteiger partial charge in [-0.05, 0) is 73.8 Å². The summed E-state index contributed by atoms with van der Waals surface area (Å²) in [6.45, 7) is 8.98. The number of hydrogen-bond acceptors (Lipinski definition) is 2. The number of benzene rings is 1. The van der Waals surface area contributed by atoms with Gasteiger partial charge in [-0.2, -0.15) is 0 Å². The second-order valence-electron chi connectivity index (χ2n) is 6.91. The highest BCUT2D eigenvalue weighted by Gasteiger charge is 2.27. The summed E-state index contributed by atoms with van der Waals surface area (Å²) in [5.41, 5.74) is 3.16. The van der Waals surface area contributed by atoms with Gasteiger partial charge in [0.1, 0.15) is 5.82 Å². The third-order valence-electron chi connectivity index (χ3n) is 4.70. The van der Waals surface area contributed by atoms with Gasteiger partial charge in [-0.3, -0.25) is 0 Å². The van der Waals surface area contributed by atoms with Gasteiger partial charge in [0.2, 0.25) is 0 Å². The lowest BCUT2D eigenvalue weighted by Crippen LogP contribution is -2.46. The van der Waals surface area contributed by atoms with E-state index in [1.165, 1.54) is 18.2 Å². The fourth-order valence-corrected chi connectivity index (χ4v) is 3.07. The van der Waals surface area contributed by atoms with Crippen molar-refractivity contribution < 1.29 is 13.9 Å². The average Bonchev–Trinajstić information content (AvgIpc) is 2.72. The number of likely N-dealkylation sites (tertiary alicyclic amines) is 1. The van der Waals surface area contributed by atoms with E-state index in [1.54, 1.807) is 24.3 Å². The Labute approximate surface area is 179 Å². The van der Waals surface area contributed by atoms with Gasteiger partial charge in [0.15, 0.2) is 0 Å². The first-order chi connectivity index (χ1) is 14.6. The molecule has 0 amide bonds. The van der Waals surface area contributed by atoms with Crippen LogP contribution in [-0.2, 0) is 0 Å². The van der Waals surface area contributed by atoms with Crippen molar-refractivity contribution in [2.45, 2.75) is 45.6 Å². The normalized spacial score (nSPS) is 17.0. The summed E-state index contributed by atoms with van der Waals surface area (Å²) in [5.74, 6) is -0.192. The van der Waals surface area contributed by atoms with Crippen molar-refractivity contribution in [3.05, 3.63) is 103 Å². The van der Waals surface area contributed by atoms with Crippen LogP contribution in [0.25, 0.3) is 5.57 Å². The second kappa shape index (κ2) is 15.0. The van der Waals surface area contributed by atoms with Gasteiger partial charge in [0.05, 0.1) is 12.6 Å². The number of allylic oxidation sites excluding steroid dienone is 7. The molecule has 2 rings (SSSR count). The molecular weight excluding hydrogens is 380 g/mol. The summed E-state index contributed by atoms with van der Waals surface area (Å²) in [6.07, 6.45) is 18.3. The second-order valence-corrected chi connectivity index (χ2v) is 6.91. The largest absolute Gasteiger partial charge is 0.516 e. The molecule has 2 nitrogen and oxygen atoms in total. The minimum absolute atomic E-state index is 0.192. The number of aliphatic hydroxyl groups is 1. The van der Waals surface area contributed by atoms with Crippen LogP contribution in [0, 0.1) is 5.82 Å². The van der Waals surface area contributed by atoms with E-state index < -0.39 is 0 Å². The first-order valence-electron chi connectivity index (χ1n) is 10.3. The smallest absolute Gasteiger partial charge is 0.123 e. The van der Waals surface area contributed by atoms with Crippen LogP contribution >= 0.6 is 0 Å². The van der Waals surface area contributed by atoms with Crippen molar-refractivity contribution in [3.8, 4) is 0 Å². The molecule has 1 fully saturated rings. The monoisotopic (exact) mass is 413 g/mol. The van der Waals surface area contributed by atoms with Crippen LogP contribution in [0.2, 0.25) is 0 Å². The molecule has 1 unspecified atom stereocenters. The fourth-order valence-electron chi connectivity index (χ4n) is 3.07. The van der Waals surface area contributed by atoms with E-state index in [0.717, 1.165) is 55.3 Å². The van der Waals surface area contributed by atoms with Crippen LogP contribution in [0.15, 0.2) is 91.7 Å². The molecule has 1 aromatic carbocycles. The van der Waals surface area contributed by atoms with Crippen molar-refractivity contribution >= 4 is 5.57 Å². The van der Waals surface area contributed by atoms with Crippen molar-refractivity contribution in [1.82, 2.24) is 4.90 Å². The van der Waals surface area contributed by atoms with Crippen LogP contribution in [-0.4, -0.2) is 22.6 Å². The summed E-state index contributed by atoms with van der Waals surface area (Å²) in [6, 6.07) is 6.94. The Hall–Kier alpha value is -2.88. The van der Waals surface area contributed by atoms with Crippen LogP contribution in [0.3, 0.4) is 0 Å². The van der Waals surface area contributed by atoms with Crippen LogP contribution in [0.5, 0.6) is 0 Å². The van der Waals surface area contributed by atoms with Crippen molar-refractivity contribution in [1.29, 1.82) is 0 Å². The molecule has 1 aromatic rings. The lowest BCUT2D eigenvalue weighted by Gasteiger charge is -2.43. The highest BCUT2D eigenvalue weighted by Crippen LogP contribution is 2.26. The SMILES string of the molecule is C=C(CCC)c1ccc(F)cc1.C\C=C/C(=C\C=C\F)N1CCC1C/C=C\C=C\O. The Morgan fingerprint density at radius 2 is 1.97 bits per heavy atom. The van der Waals surface area contributed by atoms with Crippen LogP contribution in [0.1, 0.15) is 45.1 Å². The summed E-state index contributed by atoms with van der Waals surface area (Å²) in [4.78, 5) is 2.26. The first-order valence-corrected chi connectivity index (χ1v) is 10.3. The predicted molar refractivity (Wildman–Crippen MR) is 124 cm³/mol. The van der Waals surface area contributed by atoms with Gasteiger partial charge in [0, 0.05) is 18.3 Å². The zero-order chi connectivity index (χ0) is 22.2. The first kappa shape index (κ1) is 25.2. The van der Waals surface area contributed by atoms with E-state index in [1.807, 2.05) is 31.2 Å². The molecule has 0 aliphatic carbocycles. The molecule has 0 saturated carbocycles. The molecule has 1 N–H and O–H groups in total. The molecule has 1 heterocycles. The molecule has 1 atom stereocenters. The quantitative estimate of drug-likeness (QED) is 0.332. The summed E-state index contributed by atoms with van der Waals surface area (Å²) < 4.78 is 24.6. The van der Waals surface area contributed by atoms with E-state index >= 15 is 0 Å². The lowest BCUT2D eigenvalue weighted by molar-refractivity contribution is 0.144. The maximum Gasteiger partial charge on any atom is 0.123 e. The van der Waals surface area contributed by atoms with Crippen LogP contribution in [0.4, 0.5) is 8.78 Å². The summed E-state index contributed by atoms with van der Waals surface area (Å²) >= 11 is 0. The summed E-state index contributed by atoms with van der Waals surface area (Å²) in [7, 11) is 0. The Bertz CT molecular complexity index is 773. The van der Waals surface area contributed by atoms with E-state index in [2.05, 4.69) is 18.4 Å². The topological polar surface area (TPSA) is 23.5 Å². The third-order valence-corrected chi connectivity index (χ3v) is 4.70. The van der Waals surface area contributed by atoms with Crippen LogP contribution < -0.4 is 0 Å². The van der Waals surface area contributed by atoms with Crippen molar-refractivity contribution in [2.24, 2.45) is 0 Å². The molecule has 162 valence electrons. The fraction of sp³-hybridized carbons (Fsp3) is 0.308.